The van der Waals surface area contributed by atoms with Crippen LogP contribution in [-0.4, -0.2) is 29.9 Å². The van der Waals surface area contributed by atoms with Gasteiger partial charge in [-0.2, -0.15) is 0 Å². The second-order valence-corrected chi connectivity index (χ2v) is 6.86. The predicted octanol–water partition coefficient (Wildman–Crippen LogP) is 4.12. The van der Waals surface area contributed by atoms with Gasteiger partial charge < -0.3 is 9.64 Å². The second-order valence-electron chi connectivity index (χ2n) is 6.86. The van der Waals surface area contributed by atoms with Crippen molar-refractivity contribution in [3.05, 3.63) is 59.9 Å². The SMILES string of the molecule is COc1ccc(C2(C(=O)N(C)C(C)c3ccccn3)CCCC2)cc1. The summed E-state index contributed by atoms with van der Waals surface area (Å²) in [6, 6.07) is 13.8. The minimum absolute atomic E-state index is 0.0515. The minimum atomic E-state index is -0.427. The number of nitrogens with zero attached hydrogens (tertiary/aromatic N) is 2. The monoisotopic (exact) mass is 338 g/mol. The number of aromatic nitrogens is 1. The molecule has 1 aromatic heterocycles. The van der Waals surface area contributed by atoms with E-state index in [2.05, 4.69) is 4.98 Å². The predicted molar refractivity (Wildman–Crippen MR) is 98.6 cm³/mol. The van der Waals surface area contributed by atoms with Gasteiger partial charge in [-0.1, -0.05) is 31.0 Å². The first-order valence-corrected chi connectivity index (χ1v) is 8.91. The summed E-state index contributed by atoms with van der Waals surface area (Å²) >= 11 is 0. The van der Waals surface area contributed by atoms with Crippen LogP contribution in [0.5, 0.6) is 5.75 Å². The molecule has 1 aliphatic carbocycles. The van der Waals surface area contributed by atoms with Crippen molar-refractivity contribution in [1.82, 2.24) is 9.88 Å². The Labute approximate surface area is 149 Å². The molecule has 0 bridgehead atoms. The van der Waals surface area contributed by atoms with Crippen molar-refractivity contribution in [3.8, 4) is 5.75 Å². The van der Waals surface area contributed by atoms with Crippen LogP contribution in [0.1, 0.15) is 49.9 Å². The molecule has 0 N–H and O–H groups in total. The van der Waals surface area contributed by atoms with Gasteiger partial charge >= 0.3 is 0 Å². The zero-order valence-corrected chi connectivity index (χ0v) is 15.2. The number of methoxy groups -OCH3 is 1. The van der Waals surface area contributed by atoms with Gasteiger partial charge in [-0.15, -0.1) is 0 Å². The number of amides is 1. The lowest BCUT2D eigenvalue weighted by atomic mass is 9.77. The fourth-order valence-corrected chi connectivity index (χ4v) is 3.85. The summed E-state index contributed by atoms with van der Waals surface area (Å²) in [5.74, 6) is 1.01. The Kier molecular flexibility index (Phi) is 5.07. The third-order valence-corrected chi connectivity index (χ3v) is 5.53. The standard InChI is InChI=1S/C21H26N2O2/c1-16(19-8-4-7-15-22-19)23(2)20(24)21(13-5-6-14-21)17-9-11-18(25-3)12-10-17/h4,7-12,15-16H,5-6,13-14H2,1-3H3. The Morgan fingerprint density at radius 1 is 1.16 bits per heavy atom. The highest BCUT2D eigenvalue weighted by atomic mass is 16.5. The number of rotatable bonds is 5. The molecule has 2 aromatic rings. The smallest absolute Gasteiger partial charge is 0.233 e. The topological polar surface area (TPSA) is 42.4 Å². The van der Waals surface area contributed by atoms with Gasteiger partial charge in [0.15, 0.2) is 0 Å². The van der Waals surface area contributed by atoms with Gasteiger partial charge in [0.05, 0.1) is 24.3 Å². The number of likely N-dealkylation sites (N-methyl/N-ethyl adjacent to an activating group) is 1. The number of benzene rings is 1. The van der Waals surface area contributed by atoms with Crippen LogP contribution < -0.4 is 4.74 Å². The van der Waals surface area contributed by atoms with E-state index in [1.54, 1.807) is 13.3 Å². The average molecular weight is 338 g/mol. The summed E-state index contributed by atoms with van der Waals surface area (Å²) < 4.78 is 5.27. The summed E-state index contributed by atoms with van der Waals surface area (Å²) in [4.78, 5) is 19.8. The normalized spacial score (nSPS) is 17.1. The van der Waals surface area contributed by atoms with E-state index < -0.39 is 5.41 Å². The molecular formula is C21H26N2O2. The van der Waals surface area contributed by atoms with E-state index in [9.17, 15) is 4.79 Å². The molecule has 1 aromatic carbocycles. The van der Waals surface area contributed by atoms with E-state index in [4.69, 9.17) is 4.74 Å². The molecule has 4 nitrogen and oxygen atoms in total. The van der Waals surface area contributed by atoms with Gasteiger partial charge in [-0.3, -0.25) is 9.78 Å². The first kappa shape index (κ1) is 17.5. The highest BCUT2D eigenvalue weighted by Gasteiger charge is 2.45. The lowest BCUT2D eigenvalue weighted by Crippen LogP contribution is -2.44. The van der Waals surface area contributed by atoms with Crippen molar-refractivity contribution >= 4 is 5.91 Å². The van der Waals surface area contributed by atoms with Crippen LogP contribution >= 0.6 is 0 Å². The number of hydrogen-bond acceptors (Lipinski definition) is 3. The highest BCUT2D eigenvalue weighted by Crippen LogP contribution is 2.43. The van der Waals surface area contributed by atoms with Crippen LogP contribution in [0.2, 0.25) is 0 Å². The summed E-state index contributed by atoms with van der Waals surface area (Å²) in [7, 11) is 3.55. The Morgan fingerprint density at radius 2 is 1.84 bits per heavy atom. The van der Waals surface area contributed by atoms with E-state index >= 15 is 0 Å². The van der Waals surface area contributed by atoms with Crippen molar-refractivity contribution in [1.29, 1.82) is 0 Å². The van der Waals surface area contributed by atoms with Crippen LogP contribution in [0.4, 0.5) is 0 Å². The zero-order chi connectivity index (χ0) is 17.9. The first-order valence-electron chi connectivity index (χ1n) is 8.91. The largest absolute Gasteiger partial charge is 0.497 e. The van der Waals surface area contributed by atoms with E-state index in [-0.39, 0.29) is 11.9 Å². The number of pyridine rings is 1. The fourth-order valence-electron chi connectivity index (χ4n) is 3.85. The molecule has 1 unspecified atom stereocenters. The summed E-state index contributed by atoms with van der Waals surface area (Å²) in [6.07, 6.45) is 5.75. The lowest BCUT2D eigenvalue weighted by Gasteiger charge is -2.35. The van der Waals surface area contributed by atoms with E-state index in [1.807, 2.05) is 61.3 Å². The van der Waals surface area contributed by atoms with Crippen molar-refractivity contribution in [2.45, 2.75) is 44.1 Å². The Balaban J connectivity index is 1.90. The summed E-state index contributed by atoms with van der Waals surface area (Å²) in [5.41, 5.74) is 1.58. The molecule has 0 saturated heterocycles. The van der Waals surface area contributed by atoms with E-state index in [1.165, 1.54) is 0 Å². The molecule has 1 amide bonds. The third kappa shape index (κ3) is 3.26. The third-order valence-electron chi connectivity index (χ3n) is 5.53. The molecule has 0 aliphatic heterocycles. The average Bonchev–Trinajstić information content (AvgIpc) is 3.18. The van der Waals surface area contributed by atoms with Crippen molar-refractivity contribution in [2.24, 2.45) is 0 Å². The molecule has 0 radical (unpaired) electrons. The summed E-state index contributed by atoms with van der Waals surface area (Å²) in [6.45, 7) is 2.04. The zero-order valence-electron chi connectivity index (χ0n) is 15.2. The Morgan fingerprint density at radius 3 is 2.40 bits per heavy atom. The van der Waals surface area contributed by atoms with Gasteiger partial charge in [-0.25, -0.2) is 0 Å². The minimum Gasteiger partial charge on any atom is -0.497 e. The Bertz CT molecular complexity index is 706. The molecule has 0 spiro atoms. The molecule has 1 aliphatic rings. The highest BCUT2D eigenvalue weighted by molar-refractivity contribution is 5.88. The molecule has 1 saturated carbocycles. The Hall–Kier alpha value is -2.36. The van der Waals surface area contributed by atoms with Crippen molar-refractivity contribution in [2.75, 3.05) is 14.2 Å². The maximum Gasteiger partial charge on any atom is 0.233 e. The van der Waals surface area contributed by atoms with Gasteiger partial charge in [0.2, 0.25) is 5.91 Å². The number of carbonyl (C=O) groups is 1. The molecule has 1 fully saturated rings. The molecular weight excluding hydrogens is 312 g/mol. The van der Waals surface area contributed by atoms with E-state index in [0.29, 0.717) is 0 Å². The fraction of sp³-hybridized carbons (Fsp3) is 0.429. The van der Waals surface area contributed by atoms with Gasteiger partial charge in [0, 0.05) is 13.2 Å². The van der Waals surface area contributed by atoms with Gasteiger partial charge in [-0.05, 0) is 49.6 Å². The molecule has 25 heavy (non-hydrogen) atoms. The number of ether oxygens (including phenoxy) is 1. The molecule has 1 atom stereocenters. The maximum absolute atomic E-state index is 13.5. The van der Waals surface area contributed by atoms with Crippen LogP contribution in [0, 0.1) is 0 Å². The van der Waals surface area contributed by atoms with Crippen LogP contribution in [-0.2, 0) is 10.2 Å². The summed E-state index contributed by atoms with van der Waals surface area (Å²) in [5, 5.41) is 0. The van der Waals surface area contributed by atoms with Gasteiger partial charge in [0.1, 0.15) is 5.75 Å². The van der Waals surface area contributed by atoms with Gasteiger partial charge in [0.25, 0.3) is 0 Å². The van der Waals surface area contributed by atoms with E-state index in [0.717, 1.165) is 42.7 Å². The second kappa shape index (κ2) is 7.26. The quantitative estimate of drug-likeness (QED) is 0.823. The first-order chi connectivity index (χ1) is 12.1. The van der Waals surface area contributed by atoms with Crippen molar-refractivity contribution < 1.29 is 9.53 Å². The molecule has 132 valence electrons. The molecule has 4 heteroatoms. The van der Waals surface area contributed by atoms with Crippen molar-refractivity contribution in [3.63, 3.8) is 0 Å². The van der Waals surface area contributed by atoms with Crippen LogP contribution in [0.3, 0.4) is 0 Å². The van der Waals surface area contributed by atoms with Crippen LogP contribution in [0.25, 0.3) is 0 Å². The lowest BCUT2D eigenvalue weighted by molar-refractivity contribution is -0.138. The number of hydrogen-bond donors (Lipinski definition) is 0. The molecule has 1 heterocycles. The number of carbonyl (C=O) groups excluding carboxylic acids is 1. The maximum atomic E-state index is 13.5. The molecule has 3 rings (SSSR count). The van der Waals surface area contributed by atoms with Crippen LogP contribution in [0.15, 0.2) is 48.7 Å².